The predicted octanol–water partition coefficient (Wildman–Crippen LogP) is 5.05. The number of nitrogens with one attached hydrogen (secondary N) is 1. The van der Waals surface area contributed by atoms with Crippen molar-refractivity contribution in [3.63, 3.8) is 0 Å². The Bertz CT molecular complexity index is 1330. The molecule has 0 saturated heterocycles. The van der Waals surface area contributed by atoms with Gasteiger partial charge < -0.3 is 10.2 Å². The van der Waals surface area contributed by atoms with Gasteiger partial charge in [-0.2, -0.15) is 18.4 Å². The first kappa shape index (κ1) is 27.3. The summed E-state index contributed by atoms with van der Waals surface area (Å²) in [6.45, 7) is 1.61. The number of ketones is 1. The fourth-order valence-corrected chi connectivity index (χ4v) is 4.19. The summed E-state index contributed by atoms with van der Waals surface area (Å²) < 4.78 is 65.3. The van der Waals surface area contributed by atoms with E-state index in [0.29, 0.717) is 0 Å². The molecule has 0 radical (unpaired) electrons. The van der Waals surface area contributed by atoms with Gasteiger partial charge in [0.2, 0.25) is 0 Å². The molecular weight excluding hydrogens is 499 g/mol. The summed E-state index contributed by atoms with van der Waals surface area (Å²) in [5.74, 6) is -1.49. The molecule has 0 fully saturated rings. The van der Waals surface area contributed by atoms with Gasteiger partial charge in [0.15, 0.2) is 5.78 Å². The molecule has 1 aliphatic rings. The van der Waals surface area contributed by atoms with Crippen LogP contribution >= 0.6 is 0 Å². The molecule has 0 bridgehead atoms. The van der Waals surface area contributed by atoms with Crippen molar-refractivity contribution in [1.29, 1.82) is 5.26 Å². The average Bonchev–Trinajstić information content (AvgIpc) is 2.83. The Morgan fingerprint density at radius 3 is 2.41 bits per heavy atom. The molecule has 3 rings (SSSR count). The van der Waals surface area contributed by atoms with Crippen LogP contribution in [0, 0.1) is 11.3 Å². The van der Waals surface area contributed by atoms with Crippen LogP contribution in [0.2, 0.25) is 0 Å². The number of nitrogens with zero attached hydrogens (tertiary/aromatic N) is 3. The first-order chi connectivity index (χ1) is 17.3. The number of likely N-dealkylation sites (N-methyl/N-ethyl adjacent to an activating group) is 1. The number of hydrogen-bond acceptors (Lipinski definition) is 4. The third kappa shape index (κ3) is 5.45. The highest BCUT2D eigenvalue weighted by atomic mass is 19.4. The maximum absolute atomic E-state index is 13.4. The molecule has 1 N–H and O–H groups in total. The number of carbonyl (C=O) groups excluding carboxylic acids is 3. The van der Waals surface area contributed by atoms with E-state index in [9.17, 15) is 41.6 Å². The number of rotatable bonds is 6. The van der Waals surface area contributed by atoms with Gasteiger partial charge in [0, 0.05) is 23.9 Å². The standard InChI is InChI=1S/C25H21F5N4O3/c1-13-21(14(2)35)22(18-8-7-15(11-31)9-19(18)23(36)32-12-20(26)27)33(3)24(37)34(13)17-6-4-5-16(10-17)25(28,29)30/h4-10,20,22H,12H2,1-3H3,(H,32,36). The Morgan fingerprint density at radius 1 is 1.16 bits per heavy atom. The number of alkyl halides is 5. The van der Waals surface area contributed by atoms with E-state index in [1.165, 1.54) is 39.1 Å². The van der Waals surface area contributed by atoms with Crippen LogP contribution < -0.4 is 10.2 Å². The number of carbonyl (C=O) groups is 3. The van der Waals surface area contributed by atoms with Crippen LogP contribution in [0.25, 0.3) is 0 Å². The smallest absolute Gasteiger partial charge is 0.346 e. The highest BCUT2D eigenvalue weighted by Crippen LogP contribution is 2.41. The fraction of sp³-hybridized carbons (Fsp3) is 0.280. The minimum Gasteiger partial charge on any atom is -0.346 e. The van der Waals surface area contributed by atoms with Crippen LogP contribution in [-0.4, -0.2) is 42.6 Å². The molecule has 2 aromatic carbocycles. The van der Waals surface area contributed by atoms with Gasteiger partial charge in [0.1, 0.15) is 0 Å². The van der Waals surface area contributed by atoms with Gasteiger partial charge in [0.05, 0.1) is 35.5 Å². The predicted molar refractivity (Wildman–Crippen MR) is 123 cm³/mol. The summed E-state index contributed by atoms with van der Waals surface area (Å²) in [6.07, 6.45) is -7.52. The minimum absolute atomic E-state index is 0.00729. The molecule has 2 aromatic rings. The van der Waals surface area contributed by atoms with Crippen LogP contribution in [0.5, 0.6) is 0 Å². The molecule has 0 aliphatic carbocycles. The molecule has 0 spiro atoms. The first-order valence-electron chi connectivity index (χ1n) is 10.8. The molecule has 0 aromatic heterocycles. The molecular formula is C25H21F5N4O3. The van der Waals surface area contributed by atoms with Crippen molar-refractivity contribution in [2.75, 3.05) is 18.5 Å². The minimum atomic E-state index is -4.67. The van der Waals surface area contributed by atoms with Crippen molar-refractivity contribution >= 4 is 23.4 Å². The van der Waals surface area contributed by atoms with Crippen molar-refractivity contribution in [3.05, 3.63) is 76.0 Å². The van der Waals surface area contributed by atoms with Crippen molar-refractivity contribution < 1.29 is 36.3 Å². The molecule has 1 unspecified atom stereocenters. The molecule has 3 amide bonds. The summed E-state index contributed by atoms with van der Waals surface area (Å²) in [7, 11) is 1.29. The van der Waals surface area contributed by atoms with E-state index in [1.807, 2.05) is 11.4 Å². The zero-order valence-electron chi connectivity index (χ0n) is 19.9. The second-order valence-electron chi connectivity index (χ2n) is 8.25. The molecule has 37 heavy (non-hydrogen) atoms. The van der Waals surface area contributed by atoms with E-state index in [1.54, 1.807) is 0 Å². The van der Waals surface area contributed by atoms with Crippen LogP contribution in [0.15, 0.2) is 53.7 Å². The zero-order valence-corrected chi connectivity index (χ0v) is 19.9. The third-order valence-electron chi connectivity index (χ3n) is 5.83. The van der Waals surface area contributed by atoms with Crippen LogP contribution in [-0.2, 0) is 11.0 Å². The Labute approximate surface area is 208 Å². The van der Waals surface area contributed by atoms with E-state index in [-0.39, 0.29) is 33.6 Å². The lowest BCUT2D eigenvalue weighted by Gasteiger charge is -2.41. The largest absolute Gasteiger partial charge is 0.416 e. The lowest BCUT2D eigenvalue weighted by atomic mass is 9.87. The van der Waals surface area contributed by atoms with Gasteiger partial charge in [-0.25, -0.2) is 13.6 Å². The van der Waals surface area contributed by atoms with Gasteiger partial charge in [-0.15, -0.1) is 0 Å². The second kappa shape index (κ2) is 10.4. The number of halogens is 5. The second-order valence-corrected chi connectivity index (χ2v) is 8.25. The molecule has 0 saturated carbocycles. The van der Waals surface area contributed by atoms with Crippen LogP contribution in [0.3, 0.4) is 0 Å². The van der Waals surface area contributed by atoms with Gasteiger partial charge in [-0.1, -0.05) is 12.1 Å². The topological polar surface area (TPSA) is 93.5 Å². The summed E-state index contributed by atoms with van der Waals surface area (Å²) in [5.41, 5.74) is -1.19. The Hall–Kier alpha value is -4.27. The van der Waals surface area contributed by atoms with Crippen molar-refractivity contribution in [2.45, 2.75) is 32.5 Å². The third-order valence-corrected chi connectivity index (χ3v) is 5.83. The maximum atomic E-state index is 13.4. The van der Waals surface area contributed by atoms with Crippen molar-refractivity contribution in [3.8, 4) is 6.07 Å². The lowest BCUT2D eigenvalue weighted by molar-refractivity contribution is -0.137. The Morgan fingerprint density at radius 2 is 1.84 bits per heavy atom. The molecule has 1 atom stereocenters. The highest BCUT2D eigenvalue weighted by Gasteiger charge is 2.41. The zero-order chi connectivity index (χ0) is 27.7. The Kier molecular flexibility index (Phi) is 7.66. The van der Waals surface area contributed by atoms with Gasteiger partial charge in [-0.05, 0) is 49.7 Å². The van der Waals surface area contributed by atoms with E-state index in [0.717, 1.165) is 34.1 Å². The molecule has 1 heterocycles. The van der Waals surface area contributed by atoms with E-state index in [2.05, 4.69) is 0 Å². The number of allylic oxidation sites excluding steroid dienone is 1. The summed E-state index contributed by atoms with van der Waals surface area (Å²) in [5, 5.41) is 11.3. The van der Waals surface area contributed by atoms with E-state index in [4.69, 9.17) is 0 Å². The highest BCUT2D eigenvalue weighted by molar-refractivity contribution is 6.06. The van der Waals surface area contributed by atoms with Crippen LogP contribution in [0.4, 0.5) is 32.4 Å². The average molecular weight is 520 g/mol. The van der Waals surface area contributed by atoms with E-state index < -0.39 is 48.5 Å². The number of nitriles is 1. The number of hydrogen-bond donors (Lipinski definition) is 1. The molecule has 194 valence electrons. The number of urea groups is 1. The van der Waals surface area contributed by atoms with Crippen molar-refractivity contribution in [2.24, 2.45) is 0 Å². The molecule has 7 nitrogen and oxygen atoms in total. The molecule has 12 heteroatoms. The Balaban J connectivity index is 2.21. The van der Waals surface area contributed by atoms with Gasteiger partial charge in [0.25, 0.3) is 12.3 Å². The summed E-state index contributed by atoms with van der Waals surface area (Å²) in [6, 6.07) is 7.71. The summed E-state index contributed by atoms with van der Waals surface area (Å²) in [4.78, 5) is 41.0. The SMILES string of the molecule is CC(=O)C1=C(C)N(c2cccc(C(F)(F)F)c2)C(=O)N(C)C1c1ccc(C#N)cc1C(=O)NCC(F)F. The number of amides is 3. The van der Waals surface area contributed by atoms with Crippen molar-refractivity contribution in [1.82, 2.24) is 10.2 Å². The lowest BCUT2D eigenvalue weighted by Crippen LogP contribution is -2.49. The quantitative estimate of drug-likeness (QED) is 0.540. The van der Waals surface area contributed by atoms with Gasteiger partial charge in [-0.3, -0.25) is 14.5 Å². The molecule has 1 aliphatic heterocycles. The summed E-state index contributed by atoms with van der Waals surface area (Å²) >= 11 is 0. The number of anilines is 1. The van der Waals surface area contributed by atoms with Gasteiger partial charge >= 0.3 is 12.2 Å². The maximum Gasteiger partial charge on any atom is 0.416 e. The van der Waals surface area contributed by atoms with E-state index >= 15 is 0 Å². The number of benzene rings is 2. The van der Waals surface area contributed by atoms with Crippen LogP contribution in [0.1, 0.15) is 46.9 Å². The fourth-order valence-electron chi connectivity index (χ4n) is 4.19. The normalized spacial score (nSPS) is 16.2. The number of Topliss-reactive ketones (excluding diaryl/α,β-unsaturated/α-hetero) is 1. The first-order valence-corrected chi connectivity index (χ1v) is 10.8. The monoisotopic (exact) mass is 520 g/mol.